The number of fused-ring (bicyclic) bond motifs is 1. The number of pyridine rings is 1. The Balaban J connectivity index is 2.92. The van der Waals surface area contributed by atoms with Crippen LogP contribution in [0.1, 0.15) is 13.0 Å². The molecule has 0 radical (unpaired) electrons. The minimum atomic E-state index is -1.23. The number of aliphatic carboxylic acids is 1. The number of carboxylic acids is 1. The van der Waals surface area contributed by atoms with E-state index in [0.29, 0.717) is 10.9 Å². The van der Waals surface area contributed by atoms with Crippen LogP contribution in [-0.2, 0) is 4.79 Å². The molecule has 0 bridgehead atoms. The van der Waals surface area contributed by atoms with Crippen LogP contribution in [0, 0.1) is 10.1 Å². The topological polar surface area (TPSA) is 102 Å². The van der Waals surface area contributed by atoms with Gasteiger partial charge in [0.15, 0.2) is 0 Å². The zero-order valence-electron chi connectivity index (χ0n) is 9.94. The smallest absolute Gasteiger partial charge is 0.334 e. The van der Waals surface area contributed by atoms with Gasteiger partial charge in [-0.15, -0.1) is 0 Å². The number of aromatic nitrogens is 1. The Morgan fingerprint density at radius 3 is 2.63 bits per heavy atom. The molecule has 1 aromatic heterocycles. The van der Waals surface area contributed by atoms with Gasteiger partial charge in [-0.1, -0.05) is 18.2 Å². The number of hydrogen-bond acceptors (Lipinski definition) is 4. The second-order valence-electron chi connectivity index (χ2n) is 4.03. The number of carboxylic acid groups (broad SMARTS) is 1. The molecule has 0 saturated carbocycles. The summed E-state index contributed by atoms with van der Waals surface area (Å²) in [6.45, 7) is 1.31. The Morgan fingerprint density at radius 2 is 2.05 bits per heavy atom. The lowest BCUT2D eigenvalue weighted by Crippen LogP contribution is -2.29. The number of para-hydroxylation sites is 1. The van der Waals surface area contributed by atoms with Crippen LogP contribution in [0.25, 0.3) is 10.9 Å². The standard InChI is InChI=1S/C12H10N2O5/c1-7(12(16)17)13-9-5-3-2-4-8(9)6-10(11(13)15)14(18)19/h2-7H,1H3,(H,16,17). The highest BCUT2D eigenvalue weighted by Crippen LogP contribution is 2.20. The maximum Gasteiger partial charge on any atom is 0.334 e. The molecule has 19 heavy (non-hydrogen) atoms. The fourth-order valence-corrected chi connectivity index (χ4v) is 1.90. The molecule has 0 fully saturated rings. The molecule has 0 aliphatic heterocycles. The monoisotopic (exact) mass is 262 g/mol. The van der Waals surface area contributed by atoms with Crippen molar-refractivity contribution in [1.82, 2.24) is 4.57 Å². The summed E-state index contributed by atoms with van der Waals surface area (Å²) in [6.07, 6.45) is 0. The van der Waals surface area contributed by atoms with Crippen molar-refractivity contribution < 1.29 is 14.8 Å². The van der Waals surface area contributed by atoms with Gasteiger partial charge in [-0.3, -0.25) is 19.5 Å². The van der Waals surface area contributed by atoms with Gasteiger partial charge in [0.05, 0.1) is 10.4 Å². The van der Waals surface area contributed by atoms with Crippen LogP contribution in [0.3, 0.4) is 0 Å². The molecule has 1 atom stereocenters. The summed E-state index contributed by atoms with van der Waals surface area (Å²) in [5.41, 5.74) is -1.20. The van der Waals surface area contributed by atoms with E-state index in [4.69, 9.17) is 5.11 Å². The van der Waals surface area contributed by atoms with Crippen LogP contribution in [0.4, 0.5) is 5.69 Å². The lowest BCUT2D eigenvalue weighted by Gasteiger charge is -2.13. The van der Waals surface area contributed by atoms with Crippen molar-refractivity contribution in [3.05, 3.63) is 50.8 Å². The van der Waals surface area contributed by atoms with Crippen molar-refractivity contribution in [2.24, 2.45) is 0 Å². The second kappa shape index (κ2) is 4.52. The molecule has 7 nitrogen and oxygen atoms in total. The Labute approximate surface area is 106 Å². The van der Waals surface area contributed by atoms with E-state index in [1.54, 1.807) is 24.3 Å². The zero-order valence-corrected chi connectivity index (χ0v) is 9.94. The van der Waals surface area contributed by atoms with Crippen molar-refractivity contribution in [3.8, 4) is 0 Å². The summed E-state index contributed by atoms with van der Waals surface area (Å²) in [5.74, 6) is -1.23. The quantitative estimate of drug-likeness (QED) is 0.667. The molecule has 1 unspecified atom stereocenters. The van der Waals surface area contributed by atoms with Crippen LogP contribution in [0.5, 0.6) is 0 Å². The van der Waals surface area contributed by atoms with E-state index in [1.807, 2.05) is 0 Å². The van der Waals surface area contributed by atoms with Gasteiger partial charge in [-0.25, -0.2) is 4.79 Å². The first-order valence-electron chi connectivity index (χ1n) is 5.45. The van der Waals surface area contributed by atoms with E-state index >= 15 is 0 Å². The normalized spacial score (nSPS) is 12.3. The molecule has 0 aliphatic carbocycles. The molecule has 1 aromatic carbocycles. The molecule has 2 aromatic rings. The number of nitro groups is 1. The molecular weight excluding hydrogens is 252 g/mol. The largest absolute Gasteiger partial charge is 0.480 e. The highest BCUT2D eigenvalue weighted by atomic mass is 16.6. The van der Waals surface area contributed by atoms with Gasteiger partial charge in [0.2, 0.25) is 0 Å². The van der Waals surface area contributed by atoms with Crippen LogP contribution in [-0.4, -0.2) is 20.6 Å². The highest BCUT2D eigenvalue weighted by molar-refractivity contribution is 5.83. The Morgan fingerprint density at radius 1 is 1.42 bits per heavy atom. The van der Waals surface area contributed by atoms with Crippen molar-refractivity contribution in [1.29, 1.82) is 0 Å². The van der Waals surface area contributed by atoms with E-state index in [0.717, 1.165) is 10.6 Å². The van der Waals surface area contributed by atoms with Gasteiger partial charge in [-0.05, 0) is 13.0 Å². The van der Waals surface area contributed by atoms with Crippen LogP contribution < -0.4 is 5.56 Å². The van der Waals surface area contributed by atoms with Gasteiger partial charge in [0, 0.05) is 11.5 Å². The Bertz CT molecular complexity index is 734. The number of benzene rings is 1. The number of rotatable bonds is 3. The maximum absolute atomic E-state index is 12.0. The summed E-state index contributed by atoms with van der Waals surface area (Å²) >= 11 is 0. The van der Waals surface area contributed by atoms with Crippen LogP contribution in [0.2, 0.25) is 0 Å². The van der Waals surface area contributed by atoms with E-state index in [1.165, 1.54) is 6.92 Å². The third-order valence-electron chi connectivity index (χ3n) is 2.87. The summed E-state index contributed by atoms with van der Waals surface area (Å²) in [5, 5.41) is 20.3. The van der Waals surface area contributed by atoms with Gasteiger partial charge >= 0.3 is 17.2 Å². The lowest BCUT2D eigenvalue weighted by atomic mass is 10.1. The van der Waals surface area contributed by atoms with E-state index in [-0.39, 0.29) is 0 Å². The van der Waals surface area contributed by atoms with Crippen LogP contribution in [0.15, 0.2) is 35.1 Å². The first kappa shape index (κ1) is 12.7. The van der Waals surface area contributed by atoms with Gasteiger partial charge in [-0.2, -0.15) is 0 Å². The SMILES string of the molecule is CC(C(=O)O)n1c(=O)c([N+](=O)[O-])cc2ccccc21. The Hall–Kier alpha value is -2.70. The zero-order chi connectivity index (χ0) is 14.2. The molecule has 2 rings (SSSR count). The third kappa shape index (κ3) is 2.05. The third-order valence-corrected chi connectivity index (χ3v) is 2.87. The average molecular weight is 262 g/mol. The van der Waals surface area contributed by atoms with Crippen molar-refractivity contribution in [2.45, 2.75) is 13.0 Å². The fourth-order valence-electron chi connectivity index (χ4n) is 1.90. The molecular formula is C12H10N2O5. The van der Waals surface area contributed by atoms with E-state index in [9.17, 15) is 19.7 Å². The molecule has 0 spiro atoms. The number of hydrogen-bond donors (Lipinski definition) is 1. The van der Waals surface area contributed by atoms with Crippen LogP contribution >= 0.6 is 0 Å². The molecule has 0 amide bonds. The van der Waals surface area contributed by atoms with Gasteiger partial charge in [0.1, 0.15) is 6.04 Å². The first-order valence-corrected chi connectivity index (χ1v) is 5.45. The van der Waals surface area contributed by atoms with Crippen molar-refractivity contribution >= 4 is 22.6 Å². The lowest BCUT2D eigenvalue weighted by molar-refractivity contribution is -0.386. The Kier molecular flexibility index (Phi) is 3.04. The number of nitrogens with zero attached hydrogens (tertiary/aromatic N) is 2. The minimum Gasteiger partial charge on any atom is -0.480 e. The van der Waals surface area contributed by atoms with Crippen molar-refractivity contribution in [2.75, 3.05) is 0 Å². The van der Waals surface area contributed by atoms with E-state index in [2.05, 4.69) is 0 Å². The summed E-state index contributed by atoms with van der Waals surface area (Å²) in [4.78, 5) is 33.1. The van der Waals surface area contributed by atoms with E-state index < -0.39 is 28.2 Å². The predicted octanol–water partition coefficient (Wildman–Crippen LogP) is 1.56. The number of carbonyl (C=O) groups is 1. The highest BCUT2D eigenvalue weighted by Gasteiger charge is 2.23. The molecule has 7 heteroatoms. The average Bonchev–Trinajstić information content (AvgIpc) is 2.37. The second-order valence-corrected chi connectivity index (χ2v) is 4.03. The van der Waals surface area contributed by atoms with Gasteiger partial charge in [0.25, 0.3) is 0 Å². The summed E-state index contributed by atoms with van der Waals surface area (Å²) in [7, 11) is 0. The molecule has 0 saturated heterocycles. The molecule has 0 aliphatic rings. The molecule has 98 valence electrons. The summed E-state index contributed by atoms with van der Waals surface area (Å²) in [6, 6.07) is 6.41. The molecule has 1 N–H and O–H groups in total. The first-order chi connectivity index (χ1) is 8.93. The van der Waals surface area contributed by atoms with Gasteiger partial charge < -0.3 is 5.11 Å². The summed E-state index contributed by atoms with van der Waals surface area (Å²) < 4.78 is 0.926. The molecule has 1 heterocycles. The maximum atomic E-state index is 12.0. The fraction of sp³-hybridized carbons (Fsp3) is 0.167. The minimum absolute atomic E-state index is 0.355. The predicted molar refractivity (Wildman–Crippen MR) is 67.2 cm³/mol. The van der Waals surface area contributed by atoms with Crippen molar-refractivity contribution in [3.63, 3.8) is 0 Å².